The van der Waals surface area contributed by atoms with Crippen molar-refractivity contribution < 1.29 is 14.3 Å². The number of carbonyl (C=O) groups excluding carboxylic acids is 1. The fourth-order valence-electron chi connectivity index (χ4n) is 1.60. The molecule has 0 N–H and O–H groups in total. The number of esters is 1. The van der Waals surface area contributed by atoms with Crippen LogP contribution in [0.5, 0.6) is 11.6 Å². The van der Waals surface area contributed by atoms with Crippen LogP contribution < -0.4 is 4.74 Å². The third-order valence-electron chi connectivity index (χ3n) is 2.51. The molecule has 0 aliphatic rings. The Morgan fingerprint density at radius 1 is 1.33 bits per heavy atom. The van der Waals surface area contributed by atoms with Gasteiger partial charge in [-0.05, 0) is 31.2 Å². The van der Waals surface area contributed by atoms with E-state index in [1.54, 1.807) is 49.5 Å². The molecule has 0 unspecified atom stereocenters. The molecule has 2 aromatic rings. The Kier molecular flexibility index (Phi) is 5.35. The normalized spacial score (nSPS) is 10.6. The Morgan fingerprint density at radius 3 is 2.90 bits per heavy atom. The summed E-state index contributed by atoms with van der Waals surface area (Å²) in [7, 11) is 0. The van der Waals surface area contributed by atoms with Crippen LogP contribution in [0.1, 0.15) is 12.5 Å². The number of hydrogen-bond acceptors (Lipinski definition) is 4. The molecule has 108 valence electrons. The average Bonchev–Trinajstić information content (AvgIpc) is 2.48. The van der Waals surface area contributed by atoms with Crippen molar-refractivity contribution >= 4 is 23.6 Å². The van der Waals surface area contributed by atoms with Crippen molar-refractivity contribution in [2.45, 2.75) is 6.92 Å². The van der Waals surface area contributed by atoms with E-state index in [2.05, 4.69) is 4.98 Å². The minimum Gasteiger partial charge on any atom is -0.463 e. The van der Waals surface area contributed by atoms with Crippen LogP contribution >= 0.6 is 11.6 Å². The highest BCUT2D eigenvalue weighted by Crippen LogP contribution is 2.28. The maximum Gasteiger partial charge on any atom is 0.330 e. The van der Waals surface area contributed by atoms with Crippen molar-refractivity contribution in [1.29, 1.82) is 0 Å². The molecule has 0 fully saturated rings. The minimum absolute atomic E-state index is 0.334. The molecule has 2 rings (SSSR count). The monoisotopic (exact) mass is 303 g/mol. The standard InChI is InChI=1S/C16H14ClNO3/c1-2-20-16(19)9-7-12-6-8-13(17)11-14(12)21-15-5-3-4-10-18-15/h3-11H,2H2,1H3/b9-7+. The molecule has 0 atom stereocenters. The lowest BCUT2D eigenvalue weighted by atomic mass is 10.2. The Labute approximate surface area is 128 Å². The maximum atomic E-state index is 11.4. The predicted octanol–water partition coefficient (Wildman–Crippen LogP) is 4.10. The van der Waals surface area contributed by atoms with Gasteiger partial charge in [0.2, 0.25) is 5.88 Å². The van der Waals surface area contributed by atoms with E-state index >= 15 is 0 Å². The van der Waals surface area contributed by atoms with Crippen LogP contribution in [-0.4, -0.2) is 17.6 Å². The summed E-state index contributed by atoms with van der Waals surface area (Å²) in [5, 5.41) is 0.536. The SMILES string of the molecule is CCOC(=O)/C=C/c1ccc(Cl)cc1Oc1ccccn1. The lowest BCUT2D eigenvalue weighted by Gasteiger charge is -2.08. The second kappa shape index (κ2) is 7.45. The van der Waals surface area contributed by atoms with Gasteiger partial charge in [0.1, 0.15) is 5.75 Å². The Hall–Kier alpha value is -2.33. The summed E-state index contributed by atoms with van der Waals surface area (Å²) in [6, 6.07) is 10.5. The van der Waals surface area contributed by atoms with Crippen molar-refractivity contribution in [3.63, 3.8) is 0 Å². The van der Waals surface area contributed by atoms with Crippen molar-refractivity contribution in [3.8, 4) is 11.6 Å². The predicted molar refractivity (Wildman–Crippen MR) is 81.4 cm³/mol. The van der Waals surface area contributed by atoms with Crippen LogP contribution in [0.4, 0.5) is 0 Å². The molecule has 21 heavy (non-hydrogen) atoms. The first-order valence-corrected chi connectivity index (χ1v) is 6.80. The van der Waals surface area contributed by atoms with Gasteiger partial charge in [0, 0.05) is 35.0 Å². The second-order valence-electron chi connectivity index (χ2n) is 4.04. The number of pyridine rings is 1. The first-order chi connectivity index (χ1) is 10.2. The highest BCUT2D eigenvalue weighted by molar-refractivity contribution is 6.30. The van der Waals surface area contributed by atoms with Gasteiger partial charge in [-0.1, -0.05) is 17.7 Å². The number of carbonyl (C=O) groups is 1. The molecule has 0 spiro atoms. The summed E-state index contributed by atoms with van der Waals surface area (Å²) in [6.07, 6.45) is 4.60. The molecule has 4 nitrogen and oxygen atoms in total. The van der Waals surface area contributed by atoms with Gasteiger partial charge < -0.3 is 9.47 Å². The lowest BCUT2D eigenvalue weighted by molar-refractivity contribution is -0.137. The van der Waals surface area contributed by atoms with E-state index in [9.17, 15) is 4.79 Å². The Bertz CT molecular complexity index is 641. The van der Waals surface area contributed by atoms with Gasteiger partial charge in [-0.15, -0.1) is 0 Å². The molecule has 0 saturated carbocycles. The van der Waals surface area contributed by atoms with Crippen LogP contribution in [0.15, 0.2) is 48.7 Å². The number of halogens is 1. The van der Waals surface area contributed by atoms with Gasteiger partial charge in [0.25, 0.3) is 0 Å². The van der Waals surface area contributed by atoms with E-state index in [4.69, 9.17) is 21.1 Å². The molecule has 0 aliphatic heterocycles. The Morgan fingerprint density at radius 2 is 2.19 bits per heavy atom. The minimum atomic E-state index is -0.406. The molecule has 0 radical (unpaired) electrons. The molecule has 0 bridgehead atoms. The number of benzene rings is 1. The molecule has 1 aromatic heterocycles. The van der Waals surface area contributed by atoms with Gasteiger partial charge in [-0.25, -0.2) is 9.78 Å². The first-order valence-electron chi connectivity index (χ1n) is 6.42. The zero-order chi connectivity index (χ0) is 15.1. The zero-order valence-electron chi connectivity index (χ0n) is 11.5. The lowest BCUT2D eigenvalue weighted by Crippen LogP contribution is -1.98. The molecule has 1 heterocycles. The van der Waals surface area contributed by atoms with Gasteiger partial charge in [0.15, 0.2) is 0 Å². The van der Waals surface area contributed by atoms with Crippen molar-refractivity contribution in [2.24, 2.45) is 0 Å². The summed E-state index contributed by atoms with van der Waals surface area (Å²) in [5.74, 6) is 0.559. The highest BCUT2D eigenvalue weighted by Gasteiger charge is 2.05. The van der Waals surface area contributed by atoms with Crippen LogP contribution in [-0.2, 0) is 9.53 Å². The number of rotatable bonds is 5. The first kappa shape index (κ1) is 15.1. The largest absolute Gasteiger partial charge is 0.463 e. The Balaban J connectivity index is 2.23. The van der Waals surface area contributed by atoms with Gasteiger partial charge >= 0.3 is 5.97 Å². The molecule has 0 saturated heterocycles. The van der Waals surface area contributed by atoms with Crippen LogP contribution in [0, 0.1) is 0 Å². The molecular weight excluding hydrogens is 290 g/mol. The summed E-state index contributed by atoms with van der Waals surface area (Å²) in [6.45, 7) is 2.09. The molecule has 5 heteroatoms. The fourth-order valence-corrected chi connectivity index (χ4v) is 1.76. The number of hydrogen-bond donors (Lipinski definition) is 0. The molecule has 0 aliphatic carbocycles. The van der Waals surface area contributed by atoms with E-state index in [1.165, 1.54) is 6.08 Å². The third kappa shape index (κ3) is 4.61. The quantitative estimate of drug-likeness (QED) is 0.616. The smallest absolute Gasteiger partial charge is 0.330 e. The van der Waals surface area contributed by atoms with Crippen LogP contribution in [0.2, 0.25) is 5.02 Å². The van der Waals surface area contributed by atoms with E-state index in [1.807, 2.05) is 6.07 Å². The maximum absolute atomic E-state index is 11.4. The van der Waals surface area contributed by atoms with E-state index < -0.39 is 5.97 Å². The van der Waals surface area contributed by atoms with Crippen molar-refractivity contribution in [1.82, 2.24) is 4.98 Å². The van der Waals surface area contributed by atoms with Gasteiger partial charge in [0.05, 0.1) is 6.61 Å². The van der Waals surface area contributed by atoms with E-state index in [0.29, 0.717) is 28.8 Å². The second-order valence-corrected chi connectivity index (χ2v) is 4.47. The number of nitrogens with zero attached hydrogens (tertiary/aromatic N) is 1. The molecule has 1 aromatic carbocycles. The molecule has 0 amide bonds. The summed E-state index contributed by atoms with van der Waals surface area (Å²) >= 11 is 5.98. The van der Waals surface area contributed by atoms with Crippen molar-refractivity contribution in [3.05, 3.63) is 59.3 Å². The van der Waals surface area contributed by atoms with Crippen LogP contribution in [0.3, 0.4) is 0 Å². The summed E-state index contributed by atoms with van der Waals surface area (Å²) < 4.78 is 10.5. The van der Waals surface area contributed by atoms with Gasteiger partial charge in [-0.3, -0.25) is 0 Å². The topological polar surface area (TPSA) is 48.4 Å². The summed E-state index contributed by atoms with van der Waals surface area (Å²) in [4.78, 5) is 15.5. The highest BCUT2D eigenvalue weighted by atomic mass is 35.5. The molecular formula is C16H14ClNO3. The van der Waals surface area contributed by atoms with Gasteiger partial charge in [-0.2, -0.15) is 0 Å². The third-order valence-corrected chi connectivity index (χ3v) is 2.75. The summed E-state index contributed by atoms with van der Waals surface area (Å²) in [5.41, 5.74) is 0.707. The van der Waals surface area contributed by atoms with Crippen molar-refractivity contribution in [2.75, 3.05) is 6.61 Å². The van der Waals surface area contributed by atoms with E-state index in [0.717, 1.165) is 0 Å². The number of aromatic nitrogens is 1. The van der Waals surface area contributed by atoms with E-state index in [-0.39, 0.29) is 0 Å². The fraction of sp³-hybridized carbons (Fsp3) is 0.125. The zero-order valence-corrected chi connectivity index (χ0v) is 12.2. The average molecular weight is 304 g/mol. The number of ether oxygens (including phenoxy) is 2. The van der Waals surface area contributed by atoms with Crippen LogP contribution in [0.25, 0.3) is 6.08 Å².